The van der Waals surface area contributed by atoms with Crippen molar-refractivity contribution >= 4 is 24.4 Å². The highest BCUT2D eigenvalue weighted by Gasteiger charge is 2.21. The second kappa shape index (κ2) is 6.06. The minimum absolute atomic E-state index is 0.160. The molecule has 0 fully saturated rings. The number of thiol groups is 1. The molecule has 0 aliphatic rings. The van der Waals surface area contributed by atoms with E-state index in [1.54, 1.807) is 0 Å². The van der Waals surface area contributed by atoms with E-state index in [9.17, 15) is 9.59 Å². The zero-order valence-corrected chi connectivity index (χ0v) is 8.27. The van der Waals surface area contributed by atoms with Gasteiger partial charge in [-0.2, -0.15) is 12.6 Å². The predicted octanol–water partition coefficient (Wildman–Crippen LogP) is 1.22. The maximum Gasteiger partial charge on any atom is 0.326 e. The van der Waals surface area contributed by atoms with Gasteiger partial charge in [-0.1, -0.05) is 13.3 Å². The summed E-state index contributed by atoms with van der Waals surface area (Å²) in [5.41, 5.74) is 0. The van der Waals surface area contributed by atoms with Crippen LogP contribution in [-0.4, -0.2) is 24.1 Å². The normalized spacial score (nSPS) is 12.2. The van der Waals surface area contributed by atoms with Crippen molar-refractivity contribution in [2.75, 3.05) is 7.11 Å². The number of carbonyl (C=O) groups is 2. The van der Waals surface area contributed by atoms with E-state index in [0.717, 1.165) is 12.8 Å². The lowest BCUT2D eigenvalue weighted by molar-refractivity contribution is -0.142. The summed E-state index contributed by atoms with van der Waals surface area (Å²) < 4.78 is 4.38. The van der Waals surface area contributed by atoms with Gasteiger partial charge >= 0.3 is 5.97 Å². The molecule has 0 aromatic carbocycles. The molecule has 0 aliphatic carbocycles. The van der Waals surface area contributed by atoms with Crippen molar-refractivity contribution in [2.45, 2.75) is 31.4 Å². The van der Waals surface area contributed by atoms with Gasteiger partial charge in [0.05, 0.1) is 7.11 Å². The summed E-state index contributed by atoms with van der Waals surface area (Å²) in [4.78, 5) is 21.9. The number of hydrogen-bond acceptors (Lipinski definition) is 4. The summed E-state index contributed by atoms with van der Waals surface area (Å²) in [6.07, 6.45) is 2.14. The second-order valence-corrected chi connectivity index (χ2v) is 3.01. The van der Waals surface area contributed by atoms with Gasteiger partial charge in [0.25, 0.3) is 0 Å². The maximum atomic E-state index is 11.1. The van der Waals surface area contributed by atoms with Crippen LogP contribution >= 0.6 is 12.6 Å². The standard InChI is InChI=1S/C8H14O3S/c1-3-4-5-6(9)7(12)8(10)11-2/h7,12H,3-5H2,1-2H3. The van der Waals surface area contributed by atoms with Crippen LogP contribution in [0.3, 0.4) is 0 Å². The van der Waals surface area contributed by atoms with E-state index < -0.39 is 11.2 Å². The predicted molar refractivity (Wildman–Crippen MR) is 49.3 cm³/mol. The summed E-state index contributed by atoms with van der Waals surface area (Å²) in [6, 6.07) is 0. The van der Waals surface area contributed by atoms with E-state index in [2.05, 4.69) is 17.4 Å². The van der Waals surface area contributed by atoms with Gasteiger partial charge in [-0.05, 0) is 6.42 Å². The van der Waals surface area contributed by atoms with Crippen molar-refractivity contribution in [3.63, 3.8) is 0 Å². The minimum Gasteiger partial charge on any atom is -0.468 e. The fourth-order valence-corrected chi connectivity index (χ4v) is 0.965. The van der Waals surface area contributed by atoms with Gasteiger partial charge in [0.1, 0.15) is 0 Å². The molecule has 0 spiro atoms. The SMILES string of the molecule is CCCCC(=O)C(S)C(=O)OC. The zero-order chi connectivity index (χ0) is 9.56. The number of methoxy groups -OCH3 is 1. The first-order valence-corrected chi connectivity index (χ1v) is 4.43. The van der Waals surface area contributed by atoms with Crippen molar-refractivity contribution < 1.29 is 14.3 Å². The molecule has 0 aromatic heterocycles. The molecule has 0 heterocycles. The highest BCUT2D eigenvalue weighted by molar-refractivity contribution is 7.82. The second-order valence-electron chi connectivity index (χ2n) is 2.50. The lowest BCUT2D eigenvalue weighted by Crippen LogP contribution is -2.25. The summed E-state index contributed by atoms with van der Waals surface area (Å²) in [5, 5.41) is -0.901. The Hall–Kier alpha value is -0.510. The minimum atomic E-state index is -0.901. The van der Waals surface area contributed by atoms with Gasteiger partial charge in [-0.25, -0.2) is 0 Å². The summed E-state index contributed by atoms with van der Waals surface area (Å²) in [6.45, 7) is 1.99. The van der Waals surface area contributed by atoms with Crippen molar-refractivity contribution in [1.29, 1.82) is 0 Å². The molecule has 0 aromatic rings. The van der Waals surface area contributed by atoms with Crippen molar-refractivity contribution in [1.82, 2.24) is 0 Å². The lowest BCUT2D eigenvalue weighted by atomic mass is 10.1. The number of ether oxygens (including phenoxy) is 1. The maximum absolute atomic E-state index is 11.1. The lowest BCUT2D eigenvalue weighted by Gasteiger charge is -2.05. The molecule has 0 aliphatic heterocycles. The molecule has 70 valence electrons. The Morgan fingerprint density at radius 2 is 2.08 bits per heavy atom. The van der Waals surface area contributed by atoms with Crippen LogP contribution in [0, 0.1) is 0 Å². The Morgan fingerprint density at radius 3 is 2.50 bits per heavy atom. The van der Waals surface area contributed by atoms with Crippen LogP contribution in [0.25, 0.3) is 0 Å². The van der Waals surface area contributed by atoms with Crippen LogP contribution in [0.4, 0.5) is 0 Å². The summed E-state index contributed by atoms with van der Waals surface area (Å²) >= 11 is 3.85. The summed E-state index contributed by atoms with van der Waals surface area (Å²) in [7, 11) is 1.25. The van der Waals surface area contributed by atoms with Gasteiger partial charge in [-0.3, -0.25) is 9.59 Å². The quantitative estimate of drug-likeness (QED) is 0.402. The van der Waals surface area contributed by atoms with E-state index in [4.69, 9.17) is 0 Å². The van der Waals surface area contributed by atoms with E-state index in [1.165, 1.54) is 7.11 Å². The molecule has 1 atom stereocenters. The molecule has 0 N–H and O–H groups in total. The monoisotopic (exact) mass is 190 g/mol. The van der Waals surface area contributed by atoms with E-state index >= 15 is 0 Å². The van der Waals surface area contributed by atoms with Crippen LogP contribution in [0.5, 0.6) is 0 Å². The third-order valence-corrected chi connectivity index (χ3v) is 2.00. The molecule has 12 heavy (non-hydrogen) atoms. The van der Waals surface area contributed by atoms with Crippen molar-refractivity contribution in [2.24, 2.45) is 0 Å². The topological polar surface area (TPSA) is 43.4 Å². The third-order valence-electron chi connectivity index (χ3n) is 1.51. The van der Waals surface area contributed by atoms with E-state index in [-0.39, 0.29) is 5.78 Å². The molecular formula is C8H14O3S. The molecular weight excluding hydrogens is 176 g/mol. The van der Waals surface area contributed by atoms with Crippen molar-refractivity contribution in [3.8, 4) is 0 Å². The number of ketones is 1. The number of unbranched alkanes of at least 4 members (excludes halogenated alkanes) is 1. The Balaban J connectivity index is 3.84. The first-order valence-electron chi connectivity index (χ1n) is 3.92. The molecule has 0 saturated carbocycles. The Morgan fingerprint density at radius 1 is 1.50 bits per heavy atom. The number of hydrogen-bond donors (Lipinski definition) is 1. The third kappa shape index (κ3) is 3.76. The average molecular weight is 190 g/mol. The number of Topliss-reactive ketones (excluding diaryl/α,β-unsaturated/α-hetero) is 1. The molecule has 0 rings (SSSR count). The molecule has 0 saturated heterocycles. The van der Waals surface area contributed by atoms with Gasteiger partial charge < -0.3 is 4.74 Å². The Labute approximate surface area is 77.9 Å². The fraction of sp³-hybridized carbons (Fsp3) is 0.750. The van der Waals surface area contributed by atoms with Gasteiger partial charge in [-0.15, -0.1) is 0 Å². The zero-order valence-electron chi connectivity index (χ0n) is 7.37. The molecule has 0 bridgehead atoms. The molecule has 0 radical (unpaired) electrons. The van der Waals surface area contributed by atoms with E-state index in [1.807, 2.05) is 6.92 Å². The van der Waals surface area contributed by atoms with Gasteiger partial charge in [0, 0.05) is 6.42 Å². The number of carbonyl (C=O) groups excluding carboxylic acids is 2. The highest BCUT2D eigenvalue weighted by Crippen LogP contribution is 2.05. The van der Waals surface area contributed by atoms with Gasteiger partial charge in [0.15, 0.2) is 11.0 Å². The van der Waals surface area contributed by atoms with Crippen LogP contribution < -0.4 is 0 Å². The fourth-order valence-electron chi connectivity index (χ4n) is 0.731. The first-order chi connectivity index (χ1) is 5.63. The molecule has 1 unspecified atom stereocenters. The molecule has 3 nitrogen and oxygen atoms in total. The number of rotatable bonds is 5. The summed E-state index contributed by atoms with van der Waals surface area (Å²) in [5.74, 6) is -0.730. The largest absolute Gasteiger partial charge is 0.468 e. The Kier molecular flexibility index (Phi) is 5.80. The first kappa shape index (κ1) is 11.5. The molecule has 0 amide bonds. The smallest absolute Gasteiger partial charge is 0.326 e. The van der Waals surface area contributed by atoms with Crippen LogP contribution in [0.2, 0.25) is 0 Å². The highest BCUT2D eigenvalue weighted by atomic mass is 32.1. The average Bonchev–Trinajstić information content (AvgIpc) is 2.11. The number of esters is 1. The van der Waals surface area contributed by atoms with E-state index in [0.29, 0.717) is 6.42 Å². The van der Waals surface area contributed by atoms with Crippen LogP contribution in [0.15, 0.2) is 0 Å². The van der Waals surface area contributed by atoms with Gasteiger partial charge in [0.2, 0.25) is 0 Å². The Bertz CT molecular complexity index is 168. The van der Waals surface area contributed by atoms with Crippen molar-refractivity contribution in [3.05, 3.63) is 0 Å². The molecule has 4 heteroatoms. The van der Waals surface area contributed by atoms with Crippen LogP contribution in [-0.2, 0) is 14.3 Å². The van der Waals surface area contributed by atoms with Crippen LogP contribution in [0.1, 0.15) is 26.2 Å².